The molecule has 4 heteroatoms. The first-order chi connectivity index (χ1) is 5.48. The van der Waals surface area contributed by atoms with E-state index in [2.05, 4.69) is 0 Å². The molecule has 0 amide bonds. The standard InChI is InChI=1S/C8H4F4/c9-7(10)5-3-1-2-4-6(5)8(7,11)12/h1-4H. The molecule has 0 spiro atoms. The van der Waals surface area contributed by atoms with Crippen molar-refractivity contribution < 1.29 is 17.6 Å². The van der Waals surface area contributed by atoms with Crippen LogP contribution in [0.4, 0.5) is 17.6 Å². The van der Waals surface area contributed by atoms with E-state index in [0.717, 1.165) is 12.1 Å². The monoisotopic (exact) mass is 176 g/mol. The van der Waals surface area contributed by atoms with Gasteiger partial charge in [0.1, 0.15) is 0 Å². The highest BCUT2D eigenvalue weighted by Crippen LogP contribution is 2.60. The van der Waals surface area contributed by atoms with E-state index in [1.807, 2.05) is 0 Å². The zero-order valence-corrected chi connectivity index (χ0v) is 5.82. The van der Waals surface area contributed by atoms with Gasteiger partial charge in [-0.2, -0.15) is 17.6 Å². The number of alkyl halides is 4. The fraction of sp³-hybridized carbons (Fsp3) is 0.250. The summed E-state index contributed by atoms with van der Waals surface area (Å²) in [5.41, 5.74) is -1.12. The molecule has 2 rings (SSSR count). The van der Waals surface area contributed by atoms with Gasteiger partial charge in [0, 0.05) is 11.1 Å². The number of hydrogen-bond donors (Lipinski definition) is 0. The van der Waals surface area contributed by atoms with E-state index in [-0.39, 0.29) is 0 Å². The van der Waals surface area contributed by atoms with Crippen LogP contribution in [0.15, 0.2) is 24.3 Å². The molecule has 0 N–H and O–H groups in total. The van der Waals surface area contributed by atoms with Gasteiger partial charge in [0.2, 0.25) is 0 Å². The SMILES string of the molecule is FC1(F)c2ccccc2C1(F)F. The molecular weight excluding hydrogens is 172 g/mol. The maximum atomic E-state index is 12.6. The van der Waals surface area contributed by atoms with Crippen LogP contribution in [0.25, 0.3) is 0 Å². The first kappa shape index (κ1) is 7.58. The summed E-state index contributed by atoms with van der Waals surface area (Å²) in [6.07, 6.45) is 0. The van der Waals surface area contributed by atoms with Crippen LogP contribution >= 0.6 is 0 Å². The lowest BCUT2D eigenvalue weighted by Gasteiger charge is -2.38. The van der Waals surface area contributed by atoms with Crippen molar-refractivity contribution in [3.8, 4) is 0 Å². The predicted molar refractivity (Wildman–Crippen MR) is 34.2 cm³/mol. The van der Waals surface area contributed by atoms with E-state index in [9.17, 15) is 17.6 Å². The van der Waals surface area contributed by atoms with Gasteiger partial charge < -0.3 is 0 Å². The van der Waals surface area contributed by atoms with Gasteiger partial charge in [-0.25, -0.2) is 0 Å². The Morgan fingerprint density at radius 1 is 0.750 bits per heavy atom. The molecule has 0 radical (unpaired) electrons. The molecule has 12 heavy (non-hydrogen) atoms. The van der Waals surface area contributed by atoms with Gasteiger partial charge in [-0.1, -0.05) is 24.3 Å². The summed E-state index contributed by atoms with van der Waals surface area (Å²) >= 11 is 0. The molecule has 1 aliphatic carbocycles. The van der Waals surface area contributed by atoms with Crippen LogP contribution in [-0.2, 0) is 11.8 Å². The summed E-state index contributed by atoms with van der Waals surface area (Å²) in [5, 5.41) is 0. The second-order valence-corrected chi connectivity index (χ2v) is 2.69. The zero-order chi connectivity index (χ0) is 8.98. The number of hydrogen-bond acceptors (Lipinski definition) is 0. The Kier molecular flexibility index (Phi) is 1.14. The van der Waals surface area contributed by atoms with E-state index < -0.39 is 23.0 Å². The minimum atomic E-state index is -3.98. The van der Waals surface area contributed by atoms with Gasteiger partial charge in [0.05, 0.1) is 0 Å². The second-order valence-electron chi connectivity index (χ2n) is 2.69. The van der Waals surface area contributed by atoms with E-state index in [4.69, 9.17) is 0 Å². The summed E-state index contributed by atoms with van der Waals surface area (Å²) in [7, 11) is 0. The van der Waals surface area contributed by atoms with Crippen molar-refractivity contribution in [3.63, 3.8) is 0 Å². The highest BCUT2D eigenvalue weighted by molar-refractivity contribution is 5.46. The van der Waals surface area contributed by atoms with Crippen molar-refractivity contribution in [1.82, 2.24) is 0 Å². The Hall–Kier alpha value is -1.06. The molecule has 0 heterocycles. The lowest BCUT2D eigenvalue weighted by Crippen LogP contribution is -2.46. The van der Waals surface area contributed by atoms with Crippen LogP contribution in [0, 0.1) is 0 Å². The Morgan fingerprint density at radius 3 is 1.42 bits per heavy atom. The molecule has 1 aliphatic rings. The van der Waals surface area contributed by atoms with Crippen LogP contribution in [0.3, 0.4) is 0 Å². The van der Waals surface area contributed by atoms with Gasteiger partial charge in [0.15, 0.2) is 0 Å². The van der Waals surface area contributed by atoms with Crippen molar-refractivity contribution in [2.45, 2.75) is 11.8 Å². The summed E-state index contributed by atoms with van der Waals surface area (Å²) in [6, 6.07) is 4.68. The molecule has 1 aromatic rings. The molecule has 0 saturated heterocycles. The normalized spacial score (nSPS) is 22.7. The fourth-order valence-corrected chi connectivity index (χ4v) is 1.31. The summed E-state index contributed by atoms with van der Waals surface area (Å²) in [5.74, 6) is -7.97. The number of benzene rings is 1. The highest BCUT2D eigenvalue weighted by atomic mass is 19.3. The lowest BCUT2D eigenvalue weighted by molar-refractivity contribution is -0.254. The van der Waals surface area contributed by atoms with Crippen LogP contribution < -0.4 is 0 Å². The van der Waals surface area contributed by atoms with Gasteiger partial charge in [-0.3, -0.25) is 0 Å². The van der Waals surface area contributed by atoms with Gasteiger partial charge in [0.25, 0.3) is 0 Å². The molecule has 0 atom stereocenters. The van der Waals surface area contributed by atoms with Crippen molar-refractivity contribution in [1.29, 1.82) is 0 Å². The molecule has 64 valence electrons. The Bertz CT molecular complexity index is 297. The minimum Gasteiger partial charge on any atom is -0.194 e. The summed E-state index contributed by atoms with van der Waals surface area (Å²) in [4.78, 5) is 0. The smallest absolute Gasteiger partial charge is 0.194 e. The summed E-state index contributed by atoms with van der Waals surface area (Å²) < 4.78 is 50.2. The molecule has 1 aromatic carbocycles. The Balaban J connectivity index is 2.64. The number of halogens is 4. The Morgan fingerprint density at radius 2 is 1.08 bits per heavy atom. The van der Waals surface area contributed by atoms with Crippen LogP contribution in [-0.4, -0.2) is 0 Å². The first-order valence-corrected chi connectivity index (χ1v) is 3.33. The Labute approximate surface area is 65.8 Å². The topological polar surface area (TPSA) is 0 Å². The lowest BCUT2D eigenvalue weighted by atomic mass is 9.80. The molecule has 0 fully saturated rings. The fourth-order valence-electron chi connectivity index (χ4n) is 1.31. The molecule has 0 bridgehead atoms. The first-order valence-electron chi connectivity index (χ1n) is 3.33. The largest absolute Gasteiger partial charge is 0.340 e. The van der Waals surface area contributed by atoms with E-state index in [1.165, 1.54) is 12.1 Å². The van der Waals surface area contributed by atoms with E-state index >= 15 is 0 Å². The number of fused-ring (bicyclic) bond motifs is 1. The van der Waals surface area contributed by atoms with Crippen molar-refractivity contribution >= 4 is 0 Å². The molecule has 0 unspecified atom stereocenters. The maximum absolute atomic E-state index is 12.6. The van der Waals surface area contributed by atoms with Crippen molar-refractivity contribution in [2.24, 2.45) is 0 Å². The average molecular weight is 176 g/mol. The van der Waals surface area contributed by atoms with E-state index in [1.54, 1.807) is 0 Å². The van der Waals surface area contributed by atoms with Gasteiger partial charge in [-0.05, 0) is 0 Å². The molecule has 0 aromatic heterocycles. The number of rotatable bonds is 0. The van der Waals surface area contributed by atoms with Gasteiger partial charge in [-0.15, -0.1) is 0 Å². The predicted octanol–water partition coefficient (Wildman–Crippen LogP) is 2.88. The van der Waals surface area contributed by atoms with Crippen molar-refractivity contribution in [3.05, 3.63) is 35.4 Å². The van der Waals surface area contributed by atoms with E-state index in [0.29, 0.717) is 0 Å². The highest BCUT2D eigenvalue weighted by Gasteiger charge is 2.69. The second kappa shape index (κ2) is 1.81. The van der Waals surface area contributed by atoms with Crippen LogP contribution in [0.2, 0.25) is 0 Å². The van der Waals surface area contributed by atoms with Crippen molar-refractivity contribution in [2.75, 3.05) is 0 Å². The third-order valence-corrected chi connectivity index (χ3v) is 2.00. The average Bonchev–Trinajstić information content (AvgIpc) is 2.04. The van der Waals surface area contributed by atoms with Crippen LogP contribution in [0.1, 0.15) is 11.1 Å². The molecule has 0 aliphatic heterocycles. The third-order valence-electron chi connectivity index (χ3n) is 2.00. The third kappa shape index (κ3) is 0.589. The van der Waals surface area contributed by atoms with Crippen LogP contribution in [0.5, 0.6) is 0 Å². The maximum Gasteiger partial charge on any atom is 0.340 e. The molecular formula is C8H4F4. The zero-order valence-electron chi connectivity index (χ0n) is 5.82. The molecule has 0 nitrogen and oxygen atoms in total. The molecule has 0 saturated carbocycles. The van der Waals surface area contributed by atoms with Gasteiger partial charge >= 0.3 is 11.8 Å². The minimum absolute atomic E-state index is 0.560. The summed E-state index contributed by atoms with van der Waals surface area (Å²) in [6.45, 7) is 0. The quantitative estimate of drug-likeness (QED) is 0.533.